The molecule has 4 atom stereocenters. The summed E-state index contributed by atoms with van der Waals surface area (Å²) in [5.41, 5.74) is 13.0. The Balaban J connectivity index is 1.13. The van der Waals surface area contributed by atoms with Crippen LogP contribution in [-0.4, -0.2) is 4.98 Å². The van der Waals surface area contributed by atoms with Crippen molar-refractivity contribution in [2.75, 3.05) is 0 Å². The summed E-state index contributed by atoms with van der Waals surface area (Å²) in [5.74, 6) is -0.166. The smallest absolute Gasteiger partial charge is 0.219 e. The van der Waals surface area contributed by atoms with Crippen LogP contribution in [0.5, 0.6) is 5.75 Å². The van der Waals surface area contributed by atoms with Crippen molar-refractivity contribution < 1.29 is 28.6 Å². The number of fused-ring (bicyclic) bond motifs is 4. The summed E-state index contributed by atoms with van der Waals surface area (Å²) in [7, 11) is 0. The van der Waals surface area contributed by atoms with Crippen LogP contribution in [0.1, 0.15) is 69.2 Å². The normalized spacial score (nSPS) is 17.5. The summed E-state index contributed by atoms with van der Waals surface area (Å²) in [6.07, 6.45) is -2.39. The van der Waals surface area contributed by atoms with E-state index in [1.165, 1.54) is 0 Å². The van der Waals surface area contributed by atoms with Crippen LogP contribution in [0.15, 0.2) is 255 Å². The number of rotatable bonds is 8. The van der Waals surface area contributed by atoms with Gasteiger partial charge in [0.2, 0.25) is 17.1 Å². The summed E-state index contributed by atoms with van der Waals surface area (Å²) < 4.78 is 30.5. The summed E-state index contributed by atoms with van der Waals surface area (Å²) in [6, 6.07) is 86.2. The number of ether oxygens (including phenoxy) is 4. The highest BCUT2D eigenvalue weighted by Crippen LogP contribution is 2.41. The lowest BCUT2D eigenvalue weighted by molar-refractivity contribution is -0.572. The number of nitrogens with zero attached hydrogens (tertiary/aromatic N) is 2. The van der Waals surface area contributed by atoms with E-state index in [1.54, 1.807) is 0 Å². The first-order valence-electron chi connectivity index (χ1n) is 24.8. The molecule has 0 unspecified atom stereocenters. The quantitative estimate of drug-likeness (QED) is 0.141. The van der Waals surface area contributed by atoms with Crippen molar-refractivity contribution in [3.05, 3.63) is 300 Å². The van der Waals surface area contributed by atoms with Crippen LogP contribution in [-0.2, 0) is 45.4 Å². The Morgan fingerprint density at radius 2 is 0.644 bits per heavy atom. The topological polar surface area (TPSA) is 76.8 Å². The molecule has 1 aliphatic rings. The molecule has 0 fully saturated rings. The molecule has 7 nitrogen and oxygen atoms in total. The van der Waals surface area contributed by atoms with Gasteiger partial charge < -0.3 is 24.1 Å². The zero-order valence-corrected chi connectivity index (χ0v) is 40.3. The maximum atomic E-state index is 15.5. The second kappa shape index (κ2) is 22.4. The van der Waals surface area contributed by atoms with E-state index in [9.17, 15) is 0 Å². The fraction of sp³-hybridized carbons (Fsp3) is 0.121. The van der Waals surface area contributed by atoms with E-state index < -0.39 is 24.4 Å². The number of hydrogen-bond acceptors (Lipinski definition) is 6. The van der Waals surface area contributed by atoms with Gasteiger partial charge in [0.25, 0.3) is 0 Å². The fourth-order valence-corrected chi connectivity index (χ4v) is 9.80. The van der Waals surface area contributed by atoms with Gasteiger partial charge in [-0.05, 0) is 80.9 Å². The van der Waals surface area contributed by atoms with Gasteiger partial charge in [-0.25, -0.2) is 0 Å². The van der Waals surface area contributed by atoms with Crippen molar-refractivity contribution >= 4 is 0 Å². The van der Waals surface area contributed by atoms with Crippen LogP contribution >= 0.6 is 0 Å². The number of pyridine rings is 2. The highest BCUT2D eigenvalue weighted by Gasteiger charge is 2.32. The zero-order chi connectivity index (χ0) is 49.2. The van der Waals surface area contributed by atoms with Crippen molar-refractivity contribution in [3.8, 4) is 45.1 Å². The SMILES string of the molecule is [O-]c1c2cc(-[n+]3c(-c4ccccc4)cc(-c4ccccc4)cc3-c3ccccc3)cc1CO[C@H](c1ccccc1)[C@@H](c1ccccc1)OCc1cccc(n1)CO[C@H](c1ccccc1)[C@@H](c1ccccc1)OC2. The molecular weight excluding hydrogens is 901 g/mol. The van der Waals surface area contributed by atoms with Gasteiger partial charge in [-0.3, -0.25) is 4.98 Å². The summed E-state index contributed by atoms with van der Waals surface area (Å²) in [5, 5.41) is 15.5. The Morgan fingerprint density at radius 3 is 1.00 bits per heavy atom. The molecule has 358 valence electrons. The minimum atomic E-state index is -0.622. The van der Waals surface area contributed by atoms with Crippen molar-refractivity contribution in [1.29, 1.82) is 0 Å². The van der Waals surface area contributed by atoms with Gasteiger partial charge in [-0.1, -0.05) is 200 Å². The molecule has 0 N–H and O–H groups in total. The van der Waals surface area contributed by atoms with E-state index in [4.69, 9.17) is 23.9 Å². The van der Waals surface area contributed by atoms with Crippen LogP contribution in [0.4, 0.5) is 0 Å². The lowest BCUT2D eigenvalue weighted by atomic mass is 9.97. The molecule has 0 saturated heterocycles. The second-order valence-corrected chi connectivity index (χ2v) is 18.2. The molecule has 1 aliphatic heterocycles. The Labute approximate surface area is 427 Å². The first-order valence-corrected chi connectivity index (χ1v) is 24.8. The third-order valence-corrected chi connectivity index (χ3v) is 13.4. The molecule has 0 amide bonds. The average molecular weight is 955 g/mol. The van der Waals surface area contributed by atoms with Gasteiger partial charge in [-0.15, -0.1) is 0 Å². The van der Waals surface area contributed by atoms with Gasteiger partial charge >= 0.3 is 0 Å². The monoisotopic (exact) mass is 954 g/mol. The van der Waals surface area contributed by atoms with Crippen LogP contribution < -0.4 is 9.67 Å². The molecule has 10 aromatic rings. The highest BCUT2D eigenvalue weighted by molar-refractivity contribution is 5.74. The van der Waals surface area contributed by atoms with Gasteiger partial charge in [0, 0.05) is 35.4 Å². The average Bonchev–Trinajstić information content (AvgIpc) is 3.46. The van der Waals surface area contributed by atoms with Gasteiger partial charge in [-0.2, -0.15) is 4.57 Å². The number of aromatic nitrogens is 2. The fourth-order valence-electron chi connectivity index (χ4n) is 9.80. The Bertz CT molecular complexity index is 3170. The molecule has 8 aromatic carbocycles. The Hall–Kier alpha value is -8.30. The third-order valence-electron chi connectivity index (χ3n) is 13.4. The Morgan fingerprint density at radius 1 is 0.329 bits per heavy atom. The van der Waals surface area contributed by atoms with Crippen LogP contribution in [0, 0.1) is 0 Å². The van der Waals surface area contributed by atoms with Gasteiger partial charge in [0.15, 0.2) is 0 Å². The van der Waals surface area contributed by atoms with Crippen LogP contribution in [0.25, 0.3) is 39.3 Å². The highest BCUT2D eigenvalue weighted by atomic mass is 16.5. The van der Waals surface area contributed by atoms with E-state index >= 15 is 5.11 Å². The molecule has 0 aliphatic carbocycles. The molecule has 2 aromatic heterocycles. The lowest BCUT2D eigenvalue weighted by Crippen LogP contribution is -2.37. The van der Waals surface area contributed by atoms with Crippen molar-refractivity contribution in [1.82, 2.24) is 4.98 Å². The molecule has 0 saturated carbocycles. The van der Waals surface area contributed by atoms with Crippen molar-refractivity contribution in [3.63, 3.8) is 0 Å². The molecular formula is C66H54N2O5. The summed E-state index contributed by atoms with van der Waals surface area (Å²) in [4.78, 5) is 5.06. The first-order chi connectivity index (χ1) is 36.1. The predicted octanol–water partition coefficient (Wildman–Crippen LogP) is 14.2. The summed E-state index contributed by atoms with van der Waals surface area (Å²) in [6.45, 7) is 0.345. The molecule has 11 rings (SSSR count). The third kappa shape index (κ3) is 10.8. The van der Waals surface area contributed by atoms with Crippen LogP contribution in [0.3, 0.4) is 0 Å². The maximum Gasteiger partial charge on any atom is 0.219 e. The van der Waals surface area contributed by atoms with E-state index in [-0.39, 0.29) is 32.2 Å². The molecule has 3 heterocycles. The van der Waals surface area contributed by atoms with E-state index in [1.807, 2.05) is 121 Å². The van der Waals surface area contributed by atoms with E-state index in [0.717, 1.165) is 73.0 Å². The second-order valence-electron chi connectivity index (χ2n) is 18.2. The number of benzene rings is 8. The molecule has 0 radical (unpaired) electrons. The lowest BCUT2D eigenvalue weighted by Gasteiger charge is -2.31. The van der Waals surface area contributed by atoms with E-state index in [2.05, 4.69) is 138 Å². The van der Waals surface area contributed by atoms with Crippen LogP contribution in [0.2, 0.25) is 0 Å². The largest absolute Gasteiger partial charge is 0.872 e. The van der Waals surface area contributed by atoms with Crippen molar-refractivity contribution in [2.45, 2.75) is 50.8 Å². The maximum absolute atomic E-state index is 15.5. The zero-order valence-electron chi connectivity index (χ0n) is 40.3. The number of hydrogen-bond donors (Lipinski definition) is 0. The molecule has 4 bridgehead atoms. The first kappa shape index (κ1) is 47.0. The molecule has 7 heteroatoms. The molecule has 0 spiro atoms. The molecule has 73 heavy (non-hydrogen) atoms. The minimum Gasteiger partial charge on any atom is -0.872 e. The standard InChI is InChI=1S/C66H54N2O5/c69-62-55-39-59(68-60(48-25-10-2-11-26-48)41-54(47-23-8-1-9-24-47)42-61(68)49-27-12-3-13-28-49)40-56(62)44-71-64(51-31-16-5-17-32-51)66(53-35-20-7-21-36-53)73-46-58-38-22-37-57(67-58)45-72-65(52-33-18-6-19-34-52)63(70-43-55)50-29-14-4-15-30-50/h1-42,63-66H,43-46H2/t63-,64-,65-,66-/m1/s1. The van der Waals surface area contributed by atoms with E-state index in [0.29, 0.717) is 11.1 Å². The summed E-state index contributed by atoms with van der Waals surface area (Å²) >= 11 is 0. The van der Waals surface area contributed by atoms with Gasteiger partial charge in [0.05, 0.1) is 37.8 Å². The van der Waals surface area contributed by atoms with Gasteiger partial charge in [0.1, 0.15) is 24.4 Å². The minimum absolute atomic E-state index is 0.0263. The predicted molar refractivity (Wildman–Crippen MR) is 284 cm³/mol. The Kier molecular flexibility index (Phi) is 14.4. The van der Waals surface area contributed by atoms with Crippen molar-refractivity contribution in [2.24, 2.45) is 0 Å².